The summed E-state index contributed by atoms with van der Waals surface area (Å²) in [5, 5.41) is 0.639. The topological polar surface area (TPSA) is 101 Å². The van der Waals surface area contributed by atoms with E-state index in [1.165, 1.54) is 11.1 Å². The second-order valence-electron chi connectivity index (χ2n) is 17.0. The van der Waals surface area contributed by atoms with Crippen molar-refractivity contribution in [3.8, 4) is 5.75 Å². The third-order valence-corrected chi connectivity index (χ3v) is 12.7. The molecule has 4 heterocycles. The number of hydrogen-bond donors (Lipinski definition) is 0. The van der Waals surface area contributed by atoms with Crippen LogP contribution in [0.4, 0.5) is 0 Å². The van der Waals surface area contributed by atoms with E-state index in [0.717, 1.165) is 29.5 Å². The number of benzene rings is 4. The number of fused-ring (bicyclic) bond motifs is 11. The zero-order valence-electron chi connectivity index (χ0n) is 35.0. The van der Waals surface area contributed by atoms with Crippen molar-refractivity contribution in [3.05, 3.63) is 170 Å². The fraction of sp³-hybridized carbons (Fsp3) is 0.365. The van der Waals surface area contributed by atoms with Gasteiger partial charge in [0, 0.05) is 48.3 Å². The molecule has 0 fully saturated rings. The molecule has 0 saturated carbocycles. The summed E-state index contributed by atoms with van der Waals surface area (Å²) in [6.07, 6.45) is 6.60. The molecule has 1 aromatic heterocycles. The van der Waals surface area contributed by atoms with Gasteiger partial charge in [0.15, 0.2) is 12.2 Å². The first-order valence-electron chi connectivity index (χ1n) is 21.3. The number of aryl methyl sites for hydroxylation is 2. The molecule has 0 N–H and O–H groups in total. The summed E-state index contributed by atoms with van der Waals surface area (Å²) in [5.41, 5.74) is 5.46. The molecule has 0 amide bonds. The van der Waals surface area contributed by atoms with Crippen molar-refractivity contribution in [2.24, 2.45) is 5.92 Å². The third kappa shape index (κ3) is 8.76. The van der Waals surface area contributed by atoms with Crippen molar-refractivity contribution < 1.29 is 33.0 Å². The summed E-state index contributed by atoms with van der Waals surface area (Å²) in [4.78, 5) is 42.9. The van der Waals surface area contributed by atoms with Crippen molar-refractivity contribution >= 4 is 22.9 Å². The molecule has 4 aromatic carbocycles. The fourth-order valence-corrected chi connectivity index (χ4v) is 9.37. The summed E-state index contributed by atoms with van der Waals surface area (Å²) in [6.45, 7) is 6.12. The first-order valence-corrected chi connectivity index (χ1v) is 21.3. The average molecular weight is 807 g/mol. The molecule has 60 heavy (non-hydrogen) atoms. The van der Waals surface area contributed by atoms with Crippen LogP contribution in [0.2, 0.25) is 0 Å². The molecule has 0 spiro atoms. The maximum absolute atomic E-state index is 14.8. The van der Waals surface area contributed by atoms with E-state index in [0.29, 0.717) is 66.5 Å². The Bertz CT molecular complexity index is 2440. The van der Waals surface area contributed by atoms with Gasteiger partial charge in [0.1, 0.15) is 16.9 Å². The minimum Gasteiger partial charge on any atom is -0.483 e. The van der Waals surface area contributed by atoms with E-state index in [2.05, 4.69) is 60.7 Å². The van der Waals surface area contributed by atoms with Crippen LogP contribution in [0.25, 0.3) is 11.0 Å². The highest BCUT2D eigenvalue weighted by atomic mass is 16.6. The number of carbonyl (C=O) groups excluding carboxylic acids is 2. The predicted octanol–water partition coefficient (Wildman–Crippen LogP) is 10.5. The van der Waals surface area contributed by atoms with Crippen LogP contribution in [0.3, 0.4) is 0 Å². The molecule has 4 aliphatic rings. The van der Waals surface area contributed by atoms with E-state index in [9.17, 15) is 14.4 Å². The molecule has 3 aliphatic heterocycles. The summed E-state index contributed by atoms with van der Waals surface area (Å²) >= 11 is 0. The molecule has 6 unspecified atom stereocenters. The molecular weight excluding hydrogens is 753 g/mol. The van der Waals surface area contributed by atoms with Gasteiger partial charge in [0.2, 0.25) is 0 Å². The second-order valence-corrected chi connectivity index (χ2v) is 17.0. The Labute approximate surface area is 352 Å². The molecule has 0 radical (unpaired) electrons. The Morgan fingerprint density at radius 1 is 0.817 bits per heavy atom. The van der Waals surface area contributed by atoms with Crippen LogP contribution in [0.15, 0.2) is 136 Å². The lowest BCUT2D eigenvalue weighted by Gasteiger charge is -2.45. The van der Waals surface area contributed by atoms with Gasteiger partial charge < -0.3 is 23.4 Å². The summed E-state index contributed by atoms with van der Waals surface area (Å²) in [6, 6.07) is 34.7. The molecular formula is C52H54O8. The van der Waals surface area contributed by atoms with E-state index in [4.69, 9.17) is 23.4 Å². The van der Waals surface area contributed by atoms with Gasteiger partial charge in [-0.3, -0.25) is 4.79 Å². The van der Waals surface area contributed by atoms with Crippen molar-refractivity contribution in [2.75, 3.05) is 13.7 Å². The first kappa shape index (κ1) is 41.0. The maximum Gasteiger partial charge on any atom is 0.339 e. The second kappa shape index (κ2) is 17.9. The number of ether oxygens (including phenoxy) is 4. The smallest absolute Gasteiger partial charge is 0.339 e. The fourth-order valence-electron chi connectivity index (χ4n) is 9.37. The van der Waals surface area contributed by atoms with Crippen LogP contribution < -0.4 is 10.4 Å². The molecule has 9 rings (SSSR count). The zero-order valence-corrected chi connectivity index (χ0v) is 35.0. The van der Waals surface area contributed by atoms with Gasteiger partial charge >= 0.3 is 17.6 Å². The van der Waals surface area contributed by atoms with Gasteiger partial charge in [-0.1, -0.05) is 103 Å². The number of allylic oxidation sites excluding steroid dienone is 3. The molecule has 2 bridgehead atoms. The van der Waals surface area contributed by atoms with Gasteiger partial charge in [0.05, 0.1) is 12.2 Å². The normalized spacial score (nSPS) is 24.1. The lowest BCUT2D eigenvalue weighted by Crippen LogP contribution is -2.54. The zero-order chi connectivity index (χ0) is 41.8. The highest BCUT2D eigenvalue weighted by Crippen LogP contribution is 2.49. The van der Waals surface area contributed by atoms with Crippen LogP contribution >= 0.6 is 0 Å². The molecule has 1 aliphatic carbocycles. The van der Waals surface area contributed by atoms with Crippen molar-refractivity contribution in [1.29, 1.82) is 0 Å². The molecule has 0 saturated heterocycles. The quantitative estimate of drug-likeness (QED) is 0.0661. The van der Waals surface area contributed by atoms with E-state index in [-0.39, 0.29) is 29.8 Å². The number of rotatable bonds is 8. The lowest BCUT2D eigenvalue weighted by molar-refractivity contribution is -0.192. The van der Waals surface area contributed by atoms with Crippen LogP contribution in [0.5, 0.6) is 5.75 Å². The summed E-state index contributed by atoms with van der Waals surface area (Å²) in [5.74, 6) is -0.478. The van der Waals surface area contributed by atoms with Gasteiger partial charge in [0.25, 0.3) is 0 Å². The third-order valence-electron chi connectivity index (χ3n) is 12.7. The predicted molar refractivity (Wildman–Crippen MR) is 232 cm³/mol. The monoisotopic (exact) mass is 806 g/mol. The Hall–Kier alpha value is -5.73. The number of hydrogen-bond acceptors (Lipinski definition) is 8. The Kier molecular flexibility index (Phi) is 12.2. The number of methoxy groups -OCH3 is 1. The van der Waals surface area contributed by atoms with Crippen molar-refractivity contribution in [2.45, 2.75) is 102 Å². The standard InChI is InChI=1S/C52H54O8/c1-33(2)42-24-19-35-17-20-37(21-18-35)43-25-22-38(36-15-9-6-10-16-36)30-41(43)32-45(53)57-48-46-44(26-23-39-31-40(27-29-56-4)50(54)58-47(39)46)60-52(3,49(48)59-51(42)55)28-11-14-34-12-7-5-8-13-34/h5-10,12-13,15-18,20-23,25-26,31,38,41,43,48-49H,11,14,19,24,27-30,32H2,1-4H3. The van der Waals surface area contributed by atoms with E-state index in [1.807, 2.05) is 69.3 Å². The van der Waals surface area contributed by atoms with E-state index < -0.39 is 35.4 Å². The summed E-state index contributed by atoms with van der Waals surface area (Å²) < 4.78 is 31.7. The van der Waals surface area contributed by atoms with Gasteiger partial charge in [-0.05, 0) is 106 Å². The highest BCUT2D eigenvalue weighted by molar-refractivity contribution is 5.90. The molecule has 6 atom stereocenters. The number of esters is 2. The van der Waals surface area contributed by atoms with Crippen molar-refractivity contribution in [1.82, 2.24) is 0 Å². The molecule has 8 nitrogen and oxygen atoms in total. The average Bonchev–Trinajstić information content (AvgIpc) is 3.24. The molecule has 8 heteroatoms. The summed E-state index contributed by atoms with van der Waals surface area (Å²) in [7, 11) is 1.59. The Morgan fingerprint density at radius 3 is 2.30 bits per heavy atom. The minimum atomic E-state index is -1.14. The van der Waals surface area contributed by atoms with E-state index in [1.54, 1.807) is 13.2 Å². The SMILES string of the molecule is COCCc1cc2ccc3c(c2oc1=O)C1OC(=O)CC2CC(c4ccccc4)C=CC2c2ccc(cc2)CCC(=C(C)C)C(=O)OC1C(C)(CCCc1ccccc1)O3. The Balaban J connectivity index is 1.25. The van der Waals surface area contributed by atoms with Crippen molar-refractivity contribution in [3.63, 3.8) is 0 Å². The van der Waals surface area contributed by atoms with Gasteiger partial charge in [-0.25, -0.2) is 9.59 Å². The molecule has 5 aromatic rings. The highest BCUT2D eigenvalue weighted by Gasteiger charge is 2.53. The minimum absolute atomic E-state index is 0.0176. The number of carbonyl (C=O) groups is 2. The van der Waals surface area contributed by atoms with E-state index >= 15 is 0 Å². The van der Waals surface area contributed by atoms with Crippen LogP contribution in [0.1, 0.15) is 104 Å². The van der Waals surface area contributed by atoms with Gasteiger partial charge in [-0.15, -0.1) is 0 Å². The van der Waals surface area contributed by atoms with Gasteiger partial charge in [-0.2, -0.15) is 0 Å². The van der Waals surface area contributed by atoms with Crippen LogP contribution in [-0.2, 0) is 43.1 Å². The first-order chi connectivity index (χ1) is 29.1. The molecule has 310 valence electrons. The van der Waals surface area contributed by atoms with Crippen LogP contribution in [0, 0.1) is 5.92 Å². The maximum atomic E-state index is 14.8. The van der Waals surface area contributed by atoms with Crippen LogP contribution in [-0.4, -0.2) is 37.4 Å². The lowest BCUT2D eigenvalue weighted by atomic mass is 9.72. The largest absolute Gasteiger partial charge is 0.483 e. The Morgan fingerprint density at radius 2 is 1.57 bits per heavy atom.